The molecule has 48 valence electrons. The van der Waals surface area contributed by atoms with Crippen molar-refractivity contribution >= 4 is 17.4 Å². The van der Waals surface area contributed by atoms with Crippen molar-refractivity contribution in [3.63, 3.8) is 0 Å². The molecule has 0 atom stereocenters. The van der Waals surface area contributed by atoms with Gasteiger partial charge in [0.2, 0.25) is 0 Å². The van der Waals surface area contributed by atoms with Crippen molar-refractivity contribution in [2.45, 2.75) is 0 Å². The van der Waals surface area contributed by atoms with Crippen molar-refractivity contribution in [2.24, 2.45) is 0 Å². The molecular formula is H3AlAuCuNiPt. The Morgan fingerprint density at radius 2 is 1.00 bits per heavy atom. The molecule has 2 radical (unpaired) electrons. The van der Waals surface area contributed by atoms with E-state index in [1.165, 1.54) is 0 Å². The molecule has 0 rings (SSSR count). The standard InChI is InChI=1S/Al.Au.Cu.Ni.Pt.3H. The van der Waals surface area contributed by atoms with E-state index in [-0.39, 0.29) is 94.4 Å². The molecule has 0 aliphatic carbocycles. The zero-order valence-electron chi connectivity index (χ0n) is 1.24. The van der Waals surface area contributed by atoms with E-state index >= 15 is 0 Å². The minimum Gasteiger partial charge on any atom is 0 e. The third-order valence-electron chi connectivity index (χ3n) is 0. The van der Waals surface area contributed by atoms with Crippen LogP contribution in [0.25, 0.3) is 0 Å². The van der Waals surface area contributed by atoms with Crippen LogP contribution in [0.2, 0.25) is 0 Å². The van der Waals surface area contributed by atoms with Crippen LogP contribution >= 0.6 is 0 Å². The van der Waals surface area contributed by atoms with Gasteiger partial charge in [-0.15, -0.1) is 0 Å². The van der Waals surface area contributed by atoms with Gasteiger partial charge in [0.25, 0.3) is 0 Å². The zero-order valence-corrected chi connectivity index (χ0v) is 7.60. The Hall–Kier alpha value is 2.97. The maximum absolute atomic E-state index is 0. The fourth-order valence-corrected chi connectivity index (χ4v) is 0. The summed E-state index contributed by atoms with van der Waals surface area (Å²) in [5.74, 6) is 0. The van der Waals surface area contributed by atoms with E-state index in [4.69, 9.17) is 0 Å². The molecule has 0 saturated heterocycles. The molecule has 0 saturated carbocycles. The topological polar surface area (TPSA) is 0 Å². The van der Waals surface area contributed by atoms with E-state index in [1.54, 1.807) is 0 Å². The summed E-state index contributed by atoms with van der Waals surface area (Å²) in [4.78, 5) is 0. The Balaban J connectivity index is 0. The van der Waals surface area contributed by atoms with E-state index in [2.05, 4.69) is 0 Å². The molecule has 5 heavy (non-hydrogen) atoms. The number of rotatable bonds is 0. The summed E-state index contributed by atoms with van der Waals surface area (Å²) >= 11 is 0. The normalized spacial score (nSPS) is 0. The second-order valence-electron chi connectivity index (χ2n) is 0. The number of hydrogen-bond donors (Lipinski definition) is 0. The van der Waals surface area contributed by atoms with Crippen molar-refractivity contribution in [3.8, 4) is 0 Å². The van der Waals surface area contributed by atoms with Gasteiger partial charge in [0.1, 0.15) is 0 Å². The summed E-state index contributed by atoms with van der Waals surface area (Å²) in [6.45, 7) is 0. The molecule has 0 spiro atoms. The Kier molecular flexibility index (Phi) is 247. The van der Waals surface area contributed by atoms with Gasteiger partial charge in [-0.05, 0) is 0 Å². The molecule has 0 aromatic rings. The fourth-order valence-electron chi connectivity index (χ4n) is 0. The maximum Gasteiger partial charge on any atom is 0.187 e. The summed E-state index contributed by atoms with van der Waals surface area (Å²) in [5, 5.41) is 0. The van der Waals surface area contributed by atoms with Gasteiger partial charge in [0, 0.05) is 77.0 Å². The monoisotopic (exact) mass is 543 g/mol. The third-order valence-corrected chi connectivity index (χ3v) is 0. The zero-order chi connectivity index (χ0) is 0. The summed E-state index contributed by atoms with van der Waals surface area (Å²) in [6, 6.07) is 0. The van der Waals surface area contributed by atoms with Crippen LogP contribution in [0, 0.1) is 0 Å². The first-order valence-corrected chi connectivity index (χ1v) is 0. The van der Waals surface area contributed by atoms with Gasteiger partial charge < -0.3 is 0 Å². The SMILES string of the molecule is [AlH3].[Au].[Cu].[Ni].[Pt]. The van der Waals surface area contributed by atoms with Crippen molar-refractivity contribution in [1.29, 1.82) is 0 Å². The smallest absolute Gasteiger partial charge is 0 e. The molecule has 0 bridgehead atoms. The largest absolute Gasteiger partial charge is 0.187 e. The first kappa shape index (κ1) is 43.8. The Labute approximate surface area is 92.9 Å². The first-order chi connectivity index (χ1) is 0. The minimum absolute atomic E-state index is 0. The van der Waals surface area contributed by atoms with Crippen LogP contribution < -0.4 is 0 Å². The van der Waals surface area contributed by atoms with E-state index in [9.17, 15) is 0 Å². The van der Waals surface area contributed by atoms with Crippen LogP contribution in [0.3, 0.4) is 0 Å². The van der Waals surface area contributed by atoms with Crippen molar-refractivity contribution in [1.82, 2.24) is 0 Å². The Morgan fingerprint density at radius 3 is 1.00 bits per heavy atom. The molecule has 0 aromatic carbocycles. The second kappa shape index (κ2) is 28.1. The maximum atomic E-state index is 0. The molecule has 0 N–H and O–H groups in total. The van der Waals surface area contributed by atoms with Gasteiger partial charge in [0.15, 0.2) is 17.4 Å². The van der Waals surface area contributed by atoms with E-state index in [0.717, 1.165) is 0 Å². The van der Waals surface area contributed by atoms with E-state index in [1.807, 2.05) is 0 Å². The van der Waals surface area contributed by atoms with Gasteiger partial charge in [-0.3, -0.25) is 0 Å². The molecule has 0 unspecified atom stereocenters. The predicted molar refractivity (Wildman–Crippen MR) is 9.94 cm³/mol. The minimum atomic E-state index is 0. The molecule has 0 nitrogen and oxygen atoms in total. The fraction of sp³-hybridized carbons (Fsp3) is 0. The van der Waals surface area contributed by atoms with Crippen LogP contribution in [0.4, 0.5) is 0 Å². The van der Waals surface area contributed by atoms with Crippen molar-refractivity contribution in [2.75, 3.05) is 0 Å². The molecule has 0 aliphatic rings. The Bertz CT molecular complexity index is 11.6. The van der Waals surface area contributed by atoms with Crippen LogP contribution in [0.1, 0.15) is 0 Å². The summed E-state index contributed by atoms with van der Waals surface area (Å²) in [6.07, 6.45) is 0. The van der Waals surface area contributed by atoms with Crippen LogP contribution in [-0.2, 0) is 77.0 Å². The van der Waals surface area contributed by atoms with E-state index < -0.39 is 0 Å². The number of hydrogen-bond acceptors (Lipinski definition) is 0. The van der Waals surface area contributed by atoms with Gasteiger partial charge in [-0.2, -0.15) is 0 Å². The van der Waals surface area contributed by atoms with Gasteiger partial charge >= 0.3 is 0 Å². The molecule has 0 fully saturated rings. The molecule has 0 heterocycles. The van der Waals surface area contributed by atoms with Gasteiger partial charge in [-0.25, -0.2) is 0 Å². The van der Waals surface area contributed by atoms with Crippen LogP contribution in [0.15, 0.2) is 0 Å². The Morgan fingerprint density at radius 1 is 1.00 bits per heavy atom. The van der Waals surface area contributed by atoms with Crippen molar-refractivity contribution in [3.05, 3.63) is 0 Å². The first-order valence-electron chi connectivity index (χ1n) is 0. The van der Waals surface area contributed by atoms with Crippen LogP contribution in [0.5, 0.6) is 0 Å². The quantitative estimate of drug-likeness (QED) is 0.337. The average Bonchev–Trinajstić information content (AvgIpc) is 0. The van der Waals surface area contributed by atoms with Gasteiger partial charge in [-0.1, -0.05) is 0 Å². The molecule has 5 heteroatoms. The summed E-state index contributed by atoms with van der Waals surface area (Å²) in [7, 11) is 0. The third kappa shape index (κ3) is 19.5. The summed E-state index contributed by atoms with van der Waals surface area (Å²) < 4.78 is 0. The molecular weight excluding hydrogens is 541 g/mol. The average molecular weight is 544 g/mol. The van der Waals surface area contributed by atoms with Crippen LogP contribution in [-0.4, -0.2) is 17.4 Å². The predicted octanol–water partition coefficient (Wildman–Crippen LogP) is -1.19. The molecule has 0 amide bonds. The van der Waals surface area contributed by atoms with Crippen molar-refractivity contribution < 1.29 is 77.0 Å². The summed E-state index contributed by atoms with van der Waals surface area (Å²) in [5.41, 5.74) is 0. The molecule has 0 aliphatic heterocycles. The van der Waals surface area contributed by atoms with Gasteiger partial charge in [0.05, 0.1) is 0 Å². The molecule has 0 aromatic heterocycles. The second-order valence-corrected chi connectivity index (χ2v) is 0. The van der Waals surface area contributed by atoms with E-state index in [0.29, 0.717) is 0 Å².